The average Bonchev–Trinajstić information content (AvgIpc) is 2.85. The first-order valence-corrected chi connectivity index (χ1v) is 5.16. The largest absolute Gasteiger partial charge is 0.325 e. The Morgan fingerprint density at radius 3 is 2.60 bits per heavy atom. The molecule has 0 aromatic carbocycles. The molecule has 0 bridgehead atoms. The van der Waals surface area contributed by atoms with Crippen LogP contribution in [0.25, 0.3) is 0 Å². The number of aromatic nitrogens is 3. The normalized spacial score (nSPS) is 17.9. The summed E-state index contributed by atoms with van der Waals surface area (Å²) >= 11 is 0. The minimum absolute atomic E-state index is 0.0202. The highest BCUT2D eigenvalue weighted by atomic mass is 19.3. The first-order chi connectivity index (χ1) is 7.24. The Labute approximate surface area is 86.4 Å². The zero-order chi connectivity index (χ0) is 10.8. The lowest BCUT2D eigenvalue weighted by atomic mass is 10.2. The van der Waals surface area contributed by atoms with Gasteiger partial charge in [-0.05, 0) is 12.8 Å². The van der Waals surface area contributed by atoms with Crippen molar-refractivity contribution in [2.75, 3.05) is 0 Å². The molecule has 1 fully saturated rings. The van der Waals surface area contributed by atoms with Crippen molar-refractivity contribution in [3.63, 3.8) is 0 Å². The van der Waals surface area contributed by atoms with Crippen molar-refractivity contribution in [3.05, 3.63) is 11.4 Å². The molecular weight excluding hydrogens is 202 g/mol. The monoisotopic (exact) mass is 216 g/mol. The second-order valence-electron chi connectivity index (χ2n) is 3.81. The maximum absolute atomic E-state index is 12.8. The van der Waals surface area contributed by atoms with Crippen LogP contribution in [0.15, 0.2) is 0 Å². The van der Waals surface area contributed by atoms with Crippen LogP contribution in [0.4, 0.5) is 8.78 Å². The Morgan fingerprint density at radius 1 is 1.40 bits per heavy atom. The Morgan fingerprint density at radius 2 is 2.07 bits per heavy atom. The molecular formula is C9H14F2N4. The quantitative estimate of drug-likeness (QED) is 0.838. The van der Waals surface area contributed by atoms with Crippen LogP contribution in [0, 0.1) is 0 Å². The van der Waals surface area contributed by atoms with E-state index >= 15 is 0 Å². The summed E-state index contributed by atoms with van der Waals surface area (Å²) in [7, 11) is 0. The molecule has 4 nitrogen and oxygen atoms in total. The van der Waals surface area contributed by atoms with E-state index in [4.69, 9.17) is 5.73 Å². The standard InChI is InChI=1S/C9H14F2N4/c10-9(11)8-7(5-12)13-14-15(8)6-3-1-2-4-6/h6,9H,1-5,12H2. The molecule has 6 heteroatoms. The van der Waals surface area contributed by atoms with Gasteiger partial charge in [0.05, 0.1) is 6.04 Å². The fraction of sp³-hybridized carbons (Fsp3) is 0.778. The molecule has 1 saturated carbocycles. The molecule has 2 N–H and O–H groups in total. The van der Waals surface area contributed by atoms with E-state index in [1.165, 1.54) is 4.68 Å². The molecule has 1 aromatic rings. The first-order valence-electron chi connectivity index (χ1n) is 5.16. The molecule has 0 unspecified atom stereocenters. The zero-order valence-electron chi connectivity index (χ0n) is 8.37. The van der Waals surface area contributed by atoms with Crippen LogP contribution in [0.3, 0.4) is 0 Å². The van der Waals surface area contributed by atoms with Crippen LogP contribution in [-0.2, 0) is 6.54 Å². The second kappa shape index (κ2) is 4.22. The summed E-state index contributed by atoms with van der Waals surface area (Å²) in [6, 6.07) is 0.0850. The number of hydrogen-bond acceptors (Lipinski definition) is 3. The van der Waals surface area contributed by atoms with Gasteiger partial charge in [-0.2, -0.15) is 0 Å². The van der Waals surface area contributed by atoms with Crippen molar-refractivity contribution in [2.24, 2.45) is 5.73 Å². The molecule has 0 spiro atoms. The second-order valence-corrected chi connectivity index (χ2v) is 3.81. The molecule has 0 aliphatic heterocycles. The molecule has 0 radical (unpaired) electrons. The predicted octanol–water partition coefficient (Wildman–Crippen LogP) is 1.79. The van der Waals surface area contributed by atoms with Crippen molar-refractivity contribution in [2.45, 2.75) is 44.7 Å². The molecule has 1 aromatic heterocycles. The number of alkyl halides is 2. The predicted molar refractivity (Wildman–Crippen MR) is 50.4 cm³/mol. The Hall–Kier alpha value is -1.04. The van der Waals surface area contributed by atoms with Crippen LogP contribution in [0.5, 0.6) is 0 Å². The number of hydrogen-bond donors (Lipinski definition) is 1. The first kappa shape index (κ1) is 10.5. The maximum atomic E-state index is 12.8. The molecule has 2 rings (SSSR count). The molecule has 15 heavy (non-hydrogen) atoms. The lowest BCUT2D eigenvalue weighted by molar-refractivity contribution is 0.134. The molecule has 0 saturated heterocycles. The summed E-state index contributed by atoms with van der Waals surface area (Å²) in [5.74, 6) is 0. The van der Waals surface area contributed by atoms with Crippen LogP contribution < -0.4 is 5.73 Å². The van der Waals surface area contributed by atoms with Gasteiger partial charge < -0.3 is 5.73 Å². The third kappa shape index (κ3) is 1.86. The summed E-state index contributed by atoms with van der Waals surface area (Å²) < 4.78 is 27.0. The maximum Gasteiger partial charge on any atom is 0.281 e. The van der Waals surface area contributed by atoms with Gasteiger partial charge in [0, 0.05) is 6.54 Å². The highest BCUT2D eigenvalue weighted by Crippen LogP contribution is 2.33. The molecule has 0 atom stereocenters. The Bertz CT molecular complexity index is 331. The third-order valence-corrected chi connectivity index (χ3v) is 2.87. The fourth-order valence-corrected chi connectivity index (χ4v) is 2.12. The van der Waals surface area contributed by atoms with E-state index in [0.29, 0.717) is 0 Å². The minimum atomic E-state index is -2.54. The summed E-state index contributed by atoms with van der Waals surface area (Å²) in [6.07, 6.45) is 1.43. The summed E-state index contributed by atoms with van der Waals surface area (Å²) in [6.45, 7) is 0.0202. The highest BCUT2D eigenvalue weighted by molar-refractivity contribution is 5.12. The molecule has 1 aliphatic carbocycles. The van der Waals surface area contributed by atoms with Gasteiger partial charge in [-0.25, -0.2) is 13.5 Å². The van der Waals surface area contributed by atoms with Gasteiger partial charge in [0.1, 0.15) is 11.4 Å². The van der Waals surface area contributed by atoms with Crippen molar-refractivity contribution < 1.29 is 8.78 Å². The van der Waals surface area contributed by atoms with Crippen molar-refractivity contribution in [1.29, 1.82) is 0 Å². The van der Waals surface area contributed by atoms with E-state index < -0.39 is 6.43 Å². The molecule has 0 amide bonds. The van der Waals surface area contributed by atoms with E-state index in [-0.39, 0.29) is 24.0 Å². The molecule has 1 heterocycles. The summed E-state index contributed by atoms with van der Waals surface area (Å²) in [5.41, 5.74) is 5.48. The lowest BCUT2D eigenvalue weighted by Gasteiger charge is -2.12. The van der Waals surface area contributed by atoms with Crippen LogP contribution in [-0.4, -0.2) is 15.0 Å². The average molecular weight is 216 g/mol. The van der Waals surface area contributed by atoms with E-state index in [2.05, 4.69) is 10.3 Å². The third-order valence-electron chi connectivity index (χ3n) is 2.87. The van der Waals surface area contributed by atoms with Crippen molar-refractivity contribution in [1.82, 2.24) is 15.0 Å². The number of halogens is 2. The summed E-state index contributed by atoms with van der Waals surface area (Å²) in [4.78, 5) is 0. The number of nitrogens with two attached hydrogens (primary N) is 1. The van der Waals surface area contributed by atoms with Gasteiger partial charge >= 0.3 is 0 Å². The van der Waals surface area contributed by atoms with Crippen LogP contribution >= 0.6 is 0 Å². The minimum Gasteiger partial charge on any atom is -0.325 e. The van der Waals surface area contributed by atoms with Gasteiger partial charge in [-0.3, -0.25) is 0 Å². The topological polar surface area (TPSA) is 56.7 Å². The van der Waals surface area contributed by atoms with Gasteiger partial charge in [0.25, 0.3) is 6.43 Å². The van der Waals surface area contributed by atoms with Crippen molar-refractivity contribution in [3.8, 4) is 0 Å². The Balaban J connectivity index is 2.33. The zero-order valence-corrected chi connectivity index (χ0v) is 8.37. The van der Waals surface area contributed by atoms with Gasteiger partial charge in [0.2, 0.25) is 0 Å². The Kier molecular flexibility index (Phi) is 2.95. The number of rotatable bonds is 3. The highest BCUT2D eigenvalue weighted by Gasteiger charge is 2.27. The smallest absolute Gasteiger partial charge is 0.281 e. The van der Waals surface area contributed by atoms with E-state index in [1.54, 1.807) is 0 Å². The van der Waals surface area contributed by atoms with Gasteiger partial charge in [0.15, 0.2) is 0 Å². The lowest BCUT2D eigenvalue weighted by Crippen LogP contribution is -2.12. The molecule has 1 aliphatic rings. The van der Waals surface area contributed by atoms with E-state index in [0.717, 1.165) is 25.7 Å². The number of nitrogens with zero attached hydrogens (tertiary/aromatic N) is 3. The van der Waals surface area contributed by atoms with E-state index in [1.807, 2.05) is 0 Å². The SMILES string of the molecule is NCc1nnn(C2CCCC2)c1C(F)F. The molecule has 84 valence electrons. The van der Waals surface area contributed by atoms with Crippen LogP contribution in [0.2, 0.25) is 0 Å². The van der Waals surface area contributed by atoms with Gasteiger partial charge in [-0.1, -0.05) is 18.1 Å². The van der Waals surface area contributed by atoms with E-state index in [9.17, 15) is 8.78 Å². The van der Waals surface area contributed by atoms with Gasteiger partial charge in [-0.15, -0.1) is 5.10 Å². The fourth-order valence-electron chi connectivity index (χ4n) is 2.12. The van der Waals surface area contributed by atoms with Crippen molar-refractivity contribution >= 4 is 0 Å². The van der Waals surface area contributed by atoms with Crippen LogP contribution in [0.1, 0.15) is 49.5 Å². The summed E-state index contributed by atoms with van der Waals surface area (Å²) in [5, 5.41) is 7.51.